The van der Waals surface area contributed by atoms with Crippen molar-refractivity contribution in [3.63, 3.8) is 0 Å². The molecule has 5 nitrogen and oxygen atoms in total. The van der Waals surface area contributed by atoms with Crippen LogP contribution < -0.4 is 5.32 Å². The van der Waals surface area contributed by atoms with Gasteiger partial charge < -0.3 is 10.4 Å². The molecule has 21 heavy (non-hydrogen) atoms. The summed E-state index contributed by atoms with van der Waals surface area (Å²) in [5.74, 6) is 0.327. The Morgan fingerprint density at radius 2 is 2.05 bits per heavy atom. The van der Waals surface area contributed by atoms with Crippen molar-refractivity contribution in [1.82, 2.24) is 9.62 Å². The first-order valence-electron chi connectivity index (χ1n) is 7.45. The molecule has 0 radical (unpaired) electrons. The molecule has 1 aromatic rings. The van der Waals surface area contributed by atoms with Crippen molar-refractivity contribution in [3.8, 4) is 0 Å². The highest BCUT2D eigenvalue weighted by molar-refractivity contribution is 7.89. The van der Waals surface area contributed by atoms with Crippen molar-refractivity contribution < 1.29 is 13.5 Å². The van der Waals surface area contributed by atoms with E-state index < -0.39 is 10.0 Å². The van der Waals surface area contributed by atoms with Crippen LogP contribution in [-0.2, 0) is 16.6 Å². The molecule has 118 valence electrons. The maximum absolute atomic E-state index is 12.6. The van der Waals surface area contributed by atoms with Gasteiger partial charge in [-0.05, 0) is 37.4 Å². The minimum absolute atomic E-state index is 0.150. The molecular weight excluding hydrogens is 288 g/mol. The number of benzene rings is 1. The molecule has 6 heteroatoms. The Morgan fingerprint density at radius 3 is 2.67 bits per heavy atom. The van der Waals surface area contributed by atoms with Crippen LogP contribution in [0.5, 0.6) is 0 Å². The molecule has 0 spiro atoms. The van der Waals surface area contributed by atoms with E-state index in [4.69, 9.17) is 5.11 Å². The van der Waals surface area contributed by atoms with E-state index in [0.29, 0.717) is 6.54 Å². The van der Waals surface area contributed by atoms with E-state index in [1.807, 2.05) is 30.3 Å². The predicted molar refractivity (Wildman–Crippen MR) is 83.3 cm³/mol. The summed E-state index contributed by atoms with van der Waals surface area (Å²) in [5.41, 5.74) is 0.941. The Hall–Kier alpha value is -0.950. The maximum Gasteiger partial charge on any atom is 0.214 e. The molecule has 1 fully saturated rings. The maximum atomic E-state index is 12.6. The smallest absolute Gasteiger partial charge is 0.214 e. The number of aliphatic hydroxyl groups excluding tert-OH is 1. The Bertz CT molecular complexity index is 513. The number of rotatable bonds is 7. The predicted octanol–water partition coefficient (Wildman–Crippen LogP) is 0.810. The van der Waals surface area contributed by atoms with E-state index >= 15 is 0 Å². The topological polar surface area (TPSA) is 69.6 Å². The van der Waals surface area contributed by atoms with Gasteiger partial charge in [0.05, 0.1) is 12.4 Å². The fourth-order valence-electron chi connectivity index (χ4n) is 2.68. The molecule has 1 aromatic carbocycles. The van der Waals surface area contributed by atoms with Crippen molar-refractivity contribution in [2.24, 2.45) is 5.92 Å². The van der Waals surface area contributed by atoms with Gasteiger partial charge in [0.15, 0.2) is 0 Å². The highest BCUT2D eigenvalue weighted by Gasteiger charge is 2.27. The third-order valence-electron chi connectivity index (χ3n) is 3.79. The number of sulfonamides is 1. The van der Waals surface area contributed by atoms with Crippen LogP contribution in [-0.4, -0.2) is 49.8 Å². The summed E-state index contributed by atoms with van der Waals surface area (Å²) in [7, 11) is -3.35. The molecule has 2 N–H and O–H groups in total. The highest BCUT2D eigenvalue weighted by Crippen LogP contribution is 2.17. The van der Waals surface area contributed by atoms with Crippen molar-refractivity contribution >= 4 is 10.0 Å². The van der Waals surface area contributed by atoms with E-state index in [1.165, 1.54) is 4.31 Å². The molecule has 1 saturated heterocycles. The standard InChI is InChI=1S/C15H24N2O3S/c18-10-9-17(12-14-5-2-1-3-6-14)21(19,20)13-15-7-4-8-16-11-15/h1-3,5-6,15-16,18H,4,7-13H2. The second-order valence-electron chi connectivity index (χ2n) is 5.53. The lowest BCUT2D eigenvalue weighted by Crippen LogP contribution is -2.40. The van der Waals surface area contributed by atoms with E-state index in [2.05, 4.69) is 5.32 Å². The molecule has 1 aliphatic rings. The second-order valence-corrected chi connectivity index (χ2v) is 7.55. The van der Waals surface area contributed by atoms with Crippen molar-refractivity contribution in [1.29, 1.82) is 0 Å². The van der Waals surface area contributed by atoms with E-state index in [9.17, 15) is 8.42 Å². The Morgan fingerprint density at radius 1 is 1.29 bits per heavy atom. The van der Waals surface area contributed by atoms with Crippen LogP contribution in [0.15, 0.2) is 30.3 Å². The van der Waals surface area contributed by atoms with Crippen LogP contribution in [0.2, 0.25) is 0 Å². The number of nitrogens with one attached hydrogen (secondary N) is 1. The van der Waals surface area contributed by atoms with E-state index in [-0.39, 0.29) is 24.8 Å². The molecule has 1 heterocycles. The van der Waals surface area contributed by atoms with Gasteiger partial charge in [0.1, 0.15) is 0 Å². The van der Waals surface area contributed by atoms with Crippen LogP contribution in [0.3, 0.4) is 0 Å². The minimum Gasteiger partial charge on any atom is -0.395 e. The van der Waals surface area contributed by atoms with Crippen molar-refractivity contribution in [2.45, 2.75) is 19.4 Å². The van der Waals surface area contributed by atoms with Gasteiger partial charge in [-0.15, -0.1) is 0 Å². The third kappa shape index (κ3) is 5.07. The zero-order valence-corrected chi connectivity index (χ0v) is 13.1. The summed E-state index contributed by atoms with van der Waals surface area (Å²) in [6.07, 6.45) is 1.98. The van der Waals surface area contributed by atoms with Crippen LogP contribution in [0.1, 0.15) is 18.4 Å². The number of aliphatic hydroxyl groups is 1. The van der Waals surface area contributed by atoms with Gasteiger partial charge in [-0.1, -0.05) is 30.3 Å². The first-order valence-corrected chi connectivity index (χ1v) is 9.06. The SMILES string of the molecule is O=S(=O)(CC1CCCNC1)N(CCO)Cc1ccccc1. The molecule has 0 saturated carbocycles. The van der Waals surface area contributed by atoms with Crippen LogP contribution in [0, 0.1) is 5.92 Å². The summed E-state index contributed by atoms with van der Waals surface area (Å²) < 4.78 is 26.6. The molecule has 1 aliphatic heterocycles. The normalized spacial score (nSPS) is 19.8. The van der Waals surface area contributed by atoms with Crippen LogP contribution >= 0.6 is 0 Å². The van der Waals surface area contributed by atoms with Gasteiger partial charge in [0, 0.05) is 13.1 Å². The van der Waals surface area contributed by atoms with Crippen LogP contribution in [0.4, 0.5) is 0 Å². The third-order valence-corrected chi connectivity index (χ3v) is 5.78. The summed E-state index contributed by atoms with van der Waals surface area (Å²) >= 11 is 0. The molecule has 0 amide bonds. The Balaban J connectivity index is 2.04. The van der Waals surface area contributed by atoms with Gasteiger partial charge in [-0.2, -0.15) is 4.31 Å². The average Bonchev–Trinajstić information content (AvgIpc) is 2.48. The first kappa shape index (κ1) is 16.4. The lowest BCUT2D eigenvalue weighted by molar-refractivity contribution is 0.250. The second kappa shape index (κ2) is 7.89. The molecule has 2 rings (SSSR count). The van der Waals surface area contributed by atoms with Gasteiger partial charge >= 0.3 is 0 Å². The zero-order chi connectivity index (χ0) is 15.1. The number of hydrogen-bond donors (Lipinski definition) is 2. The molecule has 0 aromatic heterocycles. The molecule has 0 bridgehead atoms. The zero-order valence-electron chi connectivity index (χ0n) is 12.2. The average molecular weight is 312 g/mol. The minimum atomic E-state index is -3.35. The summed E-state index contributed by atoms with van der Waals surface area (Å²) in [6.45, 7) is 2.05. The van der Waals surface area contributed by atoms with Gasteiger partial charge in [0.25, 0.3) is 0 Å². The number of hydrogen-bond acceptors (Lipinski definition) is 4. The van der Waals surface area contributed by atoms with Crippen LogP contribution in [0.25, 0.3) is 0 Å². The number of nitrogens with zero attached hydrogens (tertiary/aromatic N) is 1. The molecular formula is C15H24N2O3S. The fraction of sp³-hybridized carbons (Fsp3) is 0.600. The molecule has 1 unspecified atom stereocenters. The van der Waals surface area contributed by atoms with Crippen molar-refractivity contribution in [2.75, 3.05) is 32.0 Å². The van der Waals surface area contributed by atoms with Gasteiger partial charge in [-0.3, -0.25) is 0 Å². The molecule has 0 aliphatic carbocycles. The Labute approximate surface area is 127 Å². The monoisotopic (exact) mass is 312 g/mol. The van der Waals surface area contributed by atoms with E-state index in [0.717, 1.165) is 31.5 Å². The van der Waals surface area contributed by atoms with Crippen molar-refractivity contribution in [3.05, 3.63) is 35.9 Å². The fourth-order valence-corrected chi connectivity index (χ4v) is 4.48. The van der Waals surface area contributed by atoms with Gasteiger partial charge in [-0.25, -0.2) is 8.42 Å². The summed E-state index contributed by atoms with van der Waals surface area (Å²) in [4.78, 5) is 0. The van der Waals surface area contributed by atoms with Gasteiger partial charge in [0.2, 0.25) is 10.0 Å². The highest BCUT2D eigenvalue weighted by atomic mass is 32.2. The van der Waals surface area contributed by atoms with E-state index in [1.54, 1.807) is 0 Å². The summed E-state index contributed by atoms with van der Waals surface area (Å²) in [5, 5.41) is 12.4. The first-order chi connectivity index (χ1) is 10.1. The lowest BCUT2D eigenvalue weighted by Gasteiger charge is -2.27. The lowest BCUT2D eigenvalue weighted by atomic mass is 10.0. The number of piperidine rings is 1. The largest absolute Gasteiger partial charge is 0.395 e. The summed E-state index contributed by atoms with van der Waals surface area (Å²) in [6, 6.07) is 9.50. The quantitative estimate of drug-likeness (QED) is 0.782. The molecule has 1 atom stereocenters. The Kier molecular flexibility index (Phi) is 6.17.